The number of aliphatic carboxylic acids is 1. The SMILES string of the molecule is CCC1(C(=O)O)CCCN(C(=O)C2CCC(F)(F)CC2)C1. The van der Waals surface area contributed by atoms with Crippen LogP contribution in [0.2, 0.25) is 0 Å². The summed E-state index contributed by atoms with van der Waals surface area (Å²) in [5.74, 6) is -4.01. The van der Waals surface area contributed by atoms with Crippen molar-refractivity contribution in [1.29, 1.82) is 0 Å². The molecule has 1 aliphatic heterocycles. The van der Waals surface area contributed by atoms with Crippen molar-refractivity contribution in [2.24, 2.45) is 11.3 Å². The molecule has 1 amide bonds. The minimum Gasteiger partial charge on any atom is -0.481 e. The van der Waals surface area contributed by atoms with E-state index in [0.717, 1.165) is 0 Å². The maximum absolute atomic E-state index is 13.2. The van der Waals surface area contributed by atoms with Gasteiger partial charge in [0.05, 0.1) is 5.41 Å². The molecule has 0 aromatic heterocycles. The van der Waals surface area contributed by atoms with Gasteiger partial charge in [-0.05, 0) is 32.1 Å². The number of carboxylic acids is 1. The minimum absolute atomic E-state index is 0.135. The summed E-state index contributed by atoms with van der Waals surface area (Å²) in [5.41, 5.74) is -0.869. The van der Waals surface area contributed by atoms with E-state index in [9.17, 15) is 23.5 Å². The van der Waals surface area contributed by atoms with Gasteiger partial charge in [0.15, 0.2) is 0 Å². The second-order valence-electron chi connectivity index (χ2n) is 6.43. The van der Waals surface area contributed by atoms with Gasteiger partial charge in [0.1, 0.15) is 0 Å². The average Bonchev–Trinajstić information content (AvgIpc) is 2.46. The number of piperidine rings is 1. The van der Waals surface area contributed by atoms with E-state index < -0.39 is 17.3 Å². The van der Waals surface area contributed by atoms with Crippen LogP contribution in [0, 0.1) is 11.3 Å². The number of carboxylic acid groups (broad SMARTS) is 1. The van der Waals surface area contributed by atoms with E-state index in [-0.39, 0.29) is 44.1 Å². The molecule has 2 aliphatic rings. The highest BCUT2D eigenvalue weighted by Gasteiger charge is 2.44. The van der Waals surface area contributed by atoms with E-state index >= 15 is 0 Å². The molecule has 4 nitrogen and oxygen atoms in total. The lowest BCUT2D eigenvalue weighted by Crippen LogP contribution is -2.51. The first-order chi connectivity index (χ1) is 9.80. The number of amides is 1. The summed E-state index contributed by atoms with van der Waals surface area (Å²) in [6, 6.07) is 0. The van der Waals surface area contributed by atoms with Crippen molar-refractivity contribution >= 4 is 11.9 Å². The Bertz CT molecular complexity index is 417. The largest absolute Gasteiger partial charge is 0.481 e. The van der Waals surface area contributed by atoms with Crippen molar-refractivity contribution in [3.05, 3.63) is 0 Å². The minimum atomic E-state index is -2.65. The molecule has 21 heavy (non-hydrogen) atoms. The molecule has 0 radical (unpaired) electrons. The van der Waals surface area contributed by atoms with E-state index in [1.54, 1.807) is 4.90 Å². The van der Waals surface area contributed by atoms with Gasteiger partial charge < -0.3 is 10.0 Å². The van der Waals surface area contributed by atoms with E-state index in [0.29, 0.717) is 25.8 Å². The molecule has 1 saturated carbocycles. The van der Waals surface area contributed by atoms with Gasteiger partial charge in [0.2, 0.25) is 11.8 Å². The molecule has 1 atom stereocenters. The zero-order chi connectivity index (χ0) is 15.7. The van der Waals surface area contributed by atoms with Crippen LogP contribution in [0.5, 0.6) is 0 Å². The van der Waals surface area contributed by atoms with Crippen molar-refractivity contribution in [3.8, 4) is 0 Å². The second-order valence-corrected chi connectivity index (χ2v) is 6.43. The molecule has 0 bridgehead atoms. The zero-order valence-corrected chi connectivity index (χ0v) is 12.4. The molecule has 2 fully saturated rings. The van der Waals surface area contributed by atoms with E-state index in [4.69, 9.17) is 0 Å². The number of nitrogens with zero attached hydrogens (tertiary/aromatic N) is 1. The van der Waals surface area contributed by atoms with E-state index in [1.807, 2.05) is 6.92 Å². The van der Waals surface area contributed by atoms with Gasteiger partial charge >= 0.3 is 5.97 Å². The average molecular weight is 303 g/mol. The monoisotopic (exact) mass is 303 g/mol. The summed E-state index contributed by atoms with van der Waals surface area (Å²) in [6.45, 7) is 2.58. The van der Waals surface area contributed by atoms with Crippen molar-refractivity contribution in [1.82, 2.24) is 4.90 Å². The predicted octanol–water partition coefficient (Wildman–Crippen LogP) is 2.92. The number of carbonyl (C=O) groups is 2. The van der Waals surface area contributed by atoms with Crippen LogP contribution in [-0.4, -0.2) is 40.9 Å². The first-order valence-electron chi connectivity index (χ1n) is 7.70. The Hall–Kier alpha value is -1.20. The molecular weight excluding hydrogens is 280 g/mol. The van der Waals surface area contributed by atoms with Gasteiger partial charge in [-0.2, -0.15) is 0 Å². The molecule has 0 aromatic carbocycles. The molecule has 0 spiro atoms. The van der Waals surface area contributed by atoms with Crippen LogP contribution in [0.1, 0.15) is 51.9 Å². The first kappa shape index (κ1) is 16.2. The van der Waals surface area contributed by atoms with Crippen LogP contribution >= 0.6 is 0 Å². The number of halogens is 2. The Balaban J connectivity index is 2.01. The van der Waals surface area contributed by atoms with Crippen molar-refractivity contribution in [2.75, 3.05) is 13.1 Å². The Morgan fingerprint density at radius 3 is 2.38 bits per heavy atom. The molecule has 2 rings (SSSR count). The number of rotatable bonds is 3. The molecule has 6 heteroatoms. The van der Waals surface area contributed by atoms with E-state index in [2.05, 4.69) is 0 Å². The van der Waals surface area contributed by atoms with Gasteiger partial charge in [-0.15, -0.1) is 0 Å². The highest BCUT2D eigenvalue weighted by molar-refractivity contribution is 5.81. The maximum Gasteiger partial charge on any atom is 0.311 e. The Kier molecular flexibility index (Phi) is 4.54. The predicted molar refractivity (Wildman–Crippen MR) is 73.1 cm³/mol. The van der Waals surface area contributed by atoms with Crippen molar-refractivity contribution in [3.63, 3.8) is 0 Å². The third-order valence-corrected chi connectivity index (χ3v) is 5.09. The molecule has 1 aliphatic carbocycles. The standard InChI is InChI=1S/C15H23F2NO3/c1-2-14(13(20)21)6-3-9-18(10-14)12(19)11-4-7-15(16,17)8-5-11/h11H,2-10H2,1H3,(H,20,21). The number of hydrogen-bond donors (Lipinski definition) is 1. The molecule has 1 heterocycles. The zero-order valence-electron chi connectivity index (χ0n) is 12.4. The van der Waals surface area contributed by atoms with Crippen LogP contribution in [0.25, 0.3) is 0 Å². The third-order valence-electron chi connectivity index (χ3n) is 5.09. The topological polar surface area (TPSA) is 57.6 Å². The molecule has 1 unspecified atom stereocenters. The summed E-state index contributed by atoms with van der Waals surface area (Å²) in [7, 11) is 0. The summed E-state index contributed by atoms with van der Waals surface area (Å²) in [4.78, 5) is 25.6. The summed E-state index contributed by atoms with van der Waals surface area (Å²) in [6.07, 6.45) is 1.64. The molecular formula is C15H23F2NO3. The van der Waals surface area contributed by atoms with Gasteiger partial charge in [0, 0.05) is 31.8 Å². The van der Waals surface area contributed by atoms with Gasteiger partial charge in [-0.25, -0.2) is 8.78 Å². The second kappa shape index (κ2) is 5.89. The van der Waals surface area contributed by atoms with Gasteiger partial charge in [0.25, 0.3) is 0 Å². The van der Waals surface area contributed by atoms with Crippen LogP contribution in [-0.2, 0) is 9.59 Å². The summed E-state index contributed by atoms with van der Waals surface area (Å²) >= 11 is 0. The molecule has 1 N–H and O–H groups in total. The quantitative estimate of drug-likeness (QED) is 0.872. The maximum atomic E-state index is 13.2. The van der Waals surface area contributed by atoms with Crippen molar-refractivity contribution in [2.45, 2.75) is 57.8 Å². The fourth-order valence-electron chi connectivity index (χ4n) is 3.48. The van der Waals surface area contributed by atoms with Crippen LogP contribution in [0.15, 0.2) is 0 Å². The Labute approximate surface area is 123 Å². The van der Waals surface area contributed by atoms with E-state index in [1.165, 1.54) is 0 Å². The Morgan fingerprint density at radius 2 is 1.86 bits per heavy atom. The van der Waals surface area contributed by atoms with Crippen LogP contribution in [0.4, 0.5) is 8.78 Å². The van der Waals surface area contributed by atoms with Crippen LogP contribution in [0.3, 0.4) is 0 Å². The lowest BCUT2D eigenvalue weighted by Gasteiger charge is -2.41. The number of likely N-dealkylation sites (tertiary alicyclic amines) is 1. The normalized spacial score (nSPS) is 30.1. The van der Waals surface area contributed by atoms with Crippen LogP contribution < -0.4 is 0 Å². The highest BCUT2D eigenvalue weighted by Crippen LogP contribution is 2.39. The fourth-order valence-corrected chi connectivity index (χ4v) is 3.48. The highest BCUT2D eigenvalue weighted by atomic mass is 19.3. The number of alkyl halides is 2. The van der Waals surface area contributed by atoms with Crippen molar-refractivity contribution < 1.29 is 23.5 Å². The summed E-state index contributed by atoms with van der Waals surface area (Å²) in [5, 5.41) is 9.43. The lowest BCUT2D eigenvalue weighted by molar-refractivity contribution is -0.157. The van der Waals surface area contributed by atoms with Gasteiger partial charge in [-0.1, -0.05) is 6.92 Å². The molecule has 120 valence electrons. The summed E-state index contributed by atoms with van der Waals surface area (Å²) < 4.78 is 26.3. The number of hydrogen-bond acceptors (Lipinski definition) is 2. The fraction of sp³-hybridized carbons (Fsp3) is 0.867. The Morgan fingerprint density at radius 1 is 1.24 bits per heavy atom. The first-order valence-corrected chi connectivity index (χ1v) is 7.70. The third kappa shape index (κ3) is 3.35. The van der Waals surface area contributed by atoms with Gasteiger partial charge in [-0.3, -0.25) is 9.59 Å². The lowest BCUT2D eigenvalue weighted by atomic mass is 9.77. The molecule has 0 aromatic rings. The number of carbonyl (C=O) groups excluding carboxylic acids is 1. The smallest absolute Gasteiger partial charge is 0.311 e. The molecule has 1 saturated heterocycles.